The number of hydrogen-bond donors (Lipinski definition) is 0. The van der Waals surface area contributed by atoms with Crippen LogP contribution in [0.25, 0.3) is 0 Å². The molecule has 0 spiro atoms. The molecule has 0 aliphatic carbocycles. The minimum Gasteiger partial charge on any atom is -0.260 e. The van der Waals surface area contributed by atoms with Gasteiger partial charge in [0.05, 0.1) is 5.69 Å². The Morgan fingerprint density at radius 1 is 1.21 bits per heavy atom. The molecule has 0 aliphatic heterocycles. The molecule has 1 aromatic heterocycles. The Hall–Kier alpha value is -1.73. The molecule has 0 aliphatic rings. The van der Waals surface area contributed by atoms with E-state index in [1.807, 2.05) is 14.0 Å². The number of nitriles is 1. The van der Waals surface area contributed by atoms with E-state index in [1.165, 1.54) is 16.7 Å². The van der Waals surface area contributed by atoms with Crippen LogP contribution in [0.1, 0.15) is 27.9 Å². The predicted octanol–water partition coefficient (Wildman–Crippen LogP) is 3.51. The van der Waals surface area contributed by atoms with E-state index < -0.39 is 0 Å². The molecule has 2 aromatic rings. The highest BCUT2D eigenvalue weighted by Crippen LogP contribution is 2.27. The molecule has 1 aromatic carbocycles. The van der Waals surface area contributed by atoms with Crippen molar-refractivity contribution in [3.05, 3.63) is 46.1 Å². The maximum Gasteiger partial charge on any atom is 0.112 e. The molecule has 3 nitrogen and oxygen atoms in total. The van der Waals surface area contributed by atoms with Gasteiger partial charge in [0.15, 0.2) is 0 Å². The third kappa shape index (κ3) is 2.99. The zero-order chi connectivity index (χ0) is 14.0. The molecule has 4 heteroatoms. The highest BCUT2D eigenvalue weighted by atomic mass is 32.2. The molecule has 0 fully saturated rings. The third-order valence-electron chi connectivity index (χ3n) is 2.94. The first-order chi connectivity index (χ1) is 9.01. The smallest absolute Gasteiger partial charge is 0.112 e. The maximum atomic E-state index is 9.18. The van der Waals surface area contributed by atoms with Crippen molar-refractivity contribution >= 4 is 11.8 Å². The largest absolute Gasteiger partial charge is 0.260 e. The SMILES string of the molecule is Cc1cc(C)cc(CSc2c(C#N)c(C)nn2C)c1. The summed E-state index contributed by atoms with van der Waals surface area (Å²) in [6, 6.07) is 8.79. The average Bonchev–Trinajstić information content (AvgIpc) is 2.59. The highest BCUT2D eigenvalue weighted by molar-refractivity contribution is 7.98. The summed E-state index contributed by atoms with van der Waals surface area (Å²) >= 11 is 1.67. The van der Waals surface area contributed by atoms with Gasteiger partial charge in [-0.1, -0.05) is 29.3 Å². The van der Waals surface area contributed by atoms with Gasteiger partial charge in [-0.25, -0.2) is 0 Å². The number of nitrogens with zero attached hydrogens (tertiary/aromatic N) is 3. The van der Waals surface area contributed by atoms with Crippen molar-refractivity contribution in [2.75, 3.05) is 0 Å². The summed E-state index contributed by atoms with van der Waals surface area (Å²) in [5, 5.41) is 14.4. The summed E-state index contributed by atoms with van der Waals surface area (Å²) < 4.78 is 1.79. The standard InChI is InChI=1S/C15H17N3S/c1-10-5-11(2)7-13(6-10)9-19-15-14(8-16)12(3)17-18(15)4/h5-7H,9H2,1-4H3. The Morgan fingerprint density at radius 2 is 1.84 bits per heavy atom. The van der Waals surface area contributed by atoms with Crippen LogP contribution >= 0.6 is 11.8 Å². The van der Waals surface area contributed by atoms with Crippen LogP contribution in [0.2, 0.25) is 0 Å². The molecular formula is C15H17N3S. The van der Waals surface area contributed by atoms with Crippen molar-refractivity contribution in [1.29, 1.82) is 5.26 Å². The molecule has 0 N–H and O–H groups in total. The van der Waals surface area contributed by atoms with Gasteiger partial charge in [0.2, 0.25) is 0 Å². The first-order valence-electron chi connectivity index (χ1n) is 6.15. The van der Waals surface area contributed by atoms with Crippen molar-refractivity contribution in [2.45, 2.75) is 31.6 Å². The summed E-state index contributed by atoms with van der Waals surface area (Å²) in [6.07, 6.45) is 0. The van der Waals surface area contributed by atoms with Crippen molar-refractivity contribution in [3.8, 4) is 6.07 Å². The lowest BCUT2D eigenvalue weighted by atomic mass is 10.1. The molecular weight excluding hydrogens is 254 g/mol. The van der Waals surface area contributed by atoms with Gasteiger partial charge in [-0.05, 0) is 26.3 Å². The highest BCUT2D eigenvalue weighted by Gasteiger charge is 2.13. The summed E-state index contributed by atoms with van der Waals surface area (Å²) in [7, 11) is 1.89. The van der Waals surface area contributed by atoms with E-state index in [0.717, 1.165) is 16.5 Å². The Balaban J connectivity index is 2.21. The lowest BCUT2D eigenvalue weighted by Gasteiger charge is -2.05. The van der Waals surface area contributed by atoms with Gasteiger partial charge in [-0.3, -0.25) is 4.68 Å². The van der Waals surface area contributed by atoms with Crippen molar-refractivity contribution in [3.63, 3.8) is 0 Å². The number of hydrogen-bond acceptors (Lipinski definition) is 3. The second kappa shape index (κ2) is 5.50. The first kappa shape index (κ1) is 13.7. The van der Waals surface area contributed by atoms with Crippen LogP contribution < -0.4 is 0 Å². The Morgan fingerprint density at radius 3 is 2.42 bits per heavy atom. The van der Waals surface area contributed by atoms with Crippen molar-refractivity contribution in [1.82, 2.24) is 9.78 Å². The molecule has 0 radical (unpaired) electrons. The van der Waals surface area contributed by atoms with E-state index in [4.69, 9.17) is 0 Å². The quantitative estimate of drug-likeness (QED) is 0.802. The molecule has 98 valence electrons. The van der Waals surface area contributed by atoms with E-state index in [0.29, 0.717) is 5.56 Å². The number of aryl methyl sites for hydroxylation is 4. The lowest BCUT2D eigenvalue weighted by Crippen LogP contribution is -1.94. The molecule has 0 bridgehead atoms. The number of aromatic nitrogens is 2. The molecule has 0 saturated heterocycles. The molecule has 19 heavy (non-hydrogen) atoms. The predicted molar refractivity (Wildman–Crippen MR) is 78.1 cm³/mol. The van der Waals surface area contributed by atoms with Crippen LogP contribution in [0, 0.1) is 32.1 Å². The monoisotopic (exact) mass is 271 g/mol. The van der Waals surface area contributed by atoms with Crippen LogP contribution in [0.3, 0.4) is 0 Å². The van der Waals surface area contributed by atoms with E-state index in [9.17, 15) is 5.26 Å². The van der Waals surface area contributed by atoms with Crippen LogP contribution in [0.5, 0.6) is 0 Å². The molecule has 0 amide bonds. The van der Waals surface area contributed by atoms with E-state index in [1.54, 1.807) is 16.4 Å². The Kier molecular flexibility index (Phi) is 3.96. The summed E-state index contributed by atoms with van der Waals surface area (Å²) in [5.74, 6) is 0.857. The second-order valence-electron chi connectivity index (χ2n) is 4.79. The van der Waals surface area contributed by atoms with Gasteiger partial charge >= 0.3 is 0 Å². The number of thioether (sulfide) groups is 1. The van der Waals surface area contributed by atoms with Gasteiger partial charge in [0.1, 0.15) is 16.7 Å². The number of benzene rings is 1. The van der Waals surface area contributed by atoms with E-state index in [2.05, 4.69) is 43.2 Å². The third-order valence-corrected chi connectivity index (χ3v) is 4.16. The molecule has 1 heterocycles. The van der Waals surface area contributed by atoms with Crippen LogP contribution in [-0.4, -0.2) is 9.78 Å². The molecule has 2 rings (SSSR count). The zero-order valence-corrected chi connectivity index (χ0v) is 12.5. The summed E-state index contributed by atoms with van der Waals surface area (Å²) in [5.41, 5.74) is 5.32. The van der Waals surface area contributed by atoms with Gasteiger partial charge in [-0.2, -0.15) is 10.4 Å². The van der Waals surface area contributed by atoms with Crippen LogP contribution in [0.4, 0.5) is 0 Å². The van der Waals surface area contributed by atoms with Gasteiger partial charge in [0.25, 0.3) is 0 Å². The minimum atomic E-state index is 0.692. The fraction of sp³-hybridized carbons (Fsp3) is 0.333. The summed E-state index contributed by atoms with van der Waals surface area (Å²) in [4.78, 5) is 0. The summed E-state index contributed by atoms with van der Waals surface area (Å²) in [6.45, 7) is 6.09. The lowest BCUT2D eigenvalue weighted by molar-refractivity contribution is 0.691. The van der Waals surface area contributed by atoms with Gasteiger partial charge < -0.3 is 0 Å². The number of rotatable bonds is 3. The van der Waals surface area contributed by atoms with Crippen LogP contribution in [-0.2, 0) is 12.8 Å². The zero-order valence-electron chi connectivity index (χ0n) is 11.7. The fourth-order valence-corrected chi connectivity index (χ4v) is 3.27. The first-order valence-corrected chi connectivity index (χ1v) is 7.13. The van der Waals surface area contributed by atoms with E-state index >= 15 is 0 Å². The minimum absolute atomic E-state index is 0.692. The molecule has 0 atom stereocenters. The molecule has 0 saturated carbocycles. The van der Waals surface area contributed by atoms with E-state index in [-0.39, 0.29) is 0 Å². The van der Waals surface area contributed by atoms with Crippen molar-refractivity contribution in [2.24, 2.45) is 7.05 Å². The van der Waals surface area contributed by atoms with Gasteiger partial charge in [-0.15, -0.1) is 11.8 Å². The Labute approximate surface area is 118 Å². The maximum absolute atomic E-state index is 9.18. The normalized spacial score (nSPS) is 10.5. The Bertz CT molecular complexity index is 630. The topological polar surface area (TPSA) is 41.6 Å². The van der Waals surface area contributed by atoms with Gasteiger partial charge in [0, 0.05) is 12.8 Å². The van der Waals surface area contributed by atoms with Crippen molar-refractivity contribution < 1.29 is 0 Å². The second-order valence-corrected chi connectivity index (χ2v) is 5.75. The molecule has 0 unspecified atom stereocenters. The average molecular weight is 271 g/mol. The fourth-order valence-electron chi connectivity index (χ4n) is 2.24. The van der Waals surface area contributed by atoms with Crippen LogP contribution in [0.15, 0.2) is 23.2 Å².